The monoisotopic (exact) mass is 499 g/mol. The van der Waals surface area contributed by atoms with Gasteiger partial charge in [-0.25, -0.2) is 15.2 Å². The van der Waals surface area contributed by atoms with Crippen molar-refractivity contribution in [2.75, 3.05) is 12.5 Å². The van der Waals surface area contributed by atoms with Gasteiger partial charge in [-0.3, -0.25) is 9.78 Å². The Hall–Kier alpha value is -4.94. The quantitative estimate of drug-likeness (QED) is 0.164. The molecule has 0 spiro atoms. The van der Waals surface area contributed by atoms with Gasteiger partial charge in [0.2, 0.25) is 5.95 Å². The highest BCUT2D eigenvalue weighted by Gasteiger charge is 2.14. The number of carbonyl (C=O) groups excluding carboxylic acids is 1. The van der Waals surface area contributed by atoms with Crippen molar-refractivity contribution in [2.24, 2.45) is 5.10 Å². The molecule has 2 N–H and O–H groups in total. The molecule has 1 heterocycles. The van der Waals surface area contributed by atoms with E-state index in [9.17, 15) is 14.9 Å². The van der Waals surface area contributed by atoms with E-state index in [-0.39, 0.29) is 23.0 Å². The highest BCUT2D eigenvalue weighted by molar-refractivity contribution is 6.30. The van der Waals surface area contributed by atoms with Crippen LogP contribution in [0.25, 0.3) is 11.3 Å². The number of carbonyl (C=O) groups is 1. The van der Waals surface area contributed by atoms with Crippen LogP contribution in [0, 0.1) is 11.3 Å². The average Bonchev–Trinajstić information content (AvgIpc) is 2.90. The minimum absolute atomic E-state index is 0.0644. The van der Waals surface area contributed by atoms with Crippen LogP contribution in [0.1, 0.15) is 21.5 Å². The van der Waals surface area contributed by atoms with E-state index in [1.54, 1.807) is 66.7 Å². The number of nitriles is 1. The smallest absolute Gasteiger partial charge is 0.343 e. The Morgan fingerprint density at radius 1 is 1.11 bits per heavy atom. The molecule has 0 aliphatic rings. The van der Waals surface area contributed by atoms with Crippen molar-refractivity contribution in [3.63, 3.8) is 0 Å². The Balaban J connectivity index is 1.51. The zero-order chi connectivity index (χ0) is 25.5. The Kier molecular flexibility index (Phi) is 7.39. The lowest BCUT2D eigenvalue weighted by atomic mass is 10.1. The molecule has 0 amide bonds. The maximum absolute atomic E-state index is 12.4. The summed E-state index contributed by atoms with van der Waals surface area (Å²) in [6, 6.07) is 22.0. The third-order valence-electron chi connectivity index (χ3n) is 4.93. The second kappa shape index (κ2) is 11.0. The fourth-order valence-corrected chi connectivity index (χ4v) is 3.32. The van der Waals surface area contributed by atoms with Gasteiger partial charge in [0.05, 0.1) is 24.6 Å². The third-order valence-corrected chi connectivity index (χ3v) is 5.18. The molecule has 1 aromatic heterocycles. The zero-order valence-corrected chi connectivity index (χ0v) is 19.6. The second-order valence-electron chi connectivity index (χ2n) is 7.29. The number of aromatic amines is 1. The predicted octanol–water partition coefficient (Wildman–Crippen LogP) is 4.64. The fourth-order valence-electron chi connectivity index (χ4n) is 3.20. The van der Waals surface area contributed by atoms with Crippen LogP contribution in [0.15, 0.2) is 82.7 Å². The molecule has 0 aliphatic heterocycles. The summed E-state index contributed by atoms with van der Waals surface area (Å²) in [5, 5.41) is 14.0. The summed E-state index contributed by atoms with van der Waals surface area (Å²) in [4.78, 5) is 31.6. The fraction of sp³-hybridized carbons (Fsp3) is 0.0385. The Labute approximate surface area is 210 Å². The van der Waals surface area contributed by atoms with Crippen molar-refractivity contribution in [1.82, 2.24) is 9.97 Å². The maximum atomic E-state index is 12.4. The van der Waals surface area contributed by atoms with Crippen molar-refractivity contribution >= 4 is 29.7 Å². The first-order chi connectivity index (χ1) is 17.5. The third kappa shape index (κ3) is 5.58. The number of halogens is 1. The summed E-state index contributed by atoms with van der Waals surface area (Å²) >= 11 is 5.86. The number of H-pyrrole nitrogens is 1. The number of esters is 1. The number of hydrazone groups is 1. The minimum Gasteiger partial charge on any atom is -0.493 e. The molecule has 0 bridgehead atoms. The van der Waals surface area contributed by atoms with E-state index in [2.05, 4.69) is 20.5 Å². The van der Waals surface area contributed by atoms with E-state index in [4.69, 9.17) is 21.1 Å². The highest BCUT2D eigenvalue weighted by Crippen LogP contribution is 2.28. The summed E-state index contributed by atoms with van der Waals surface area (Å²) in [5.74, 6) is 0.0541. The number of ether oxygens (including phenoxy) is 2. The summed E-state index contributed by atoms with van der Waals surface area (Å²) in [5.41, 5.74) is 3.81. The molecule has 0 saturated heterocycles. The lowest BCUT2D eigenvalue weighted by Crippen LogP contribution is -2.16. The summed E-state index contributed by atoms with van der Waals surface area (Å²) in [6.07, 6.45) is 1.47. The molecule has 4 aromatic rings. The number of methoxy groups -OCH3 is 1. The van der Waals surface area contributed by atoms with Crippen LogP contribution in [-0.2, 0) is 0 Å². The highest BCUT2D eigenvalue weighted by atomic mass is 35.5. The van der Waals surface area contributed by atoms with Gasteiger partial charge in [0, 0.05) is 10.6 Å². The molecule has 0 atom stereocenters. The molecule has 0 unspecified atom stereocenters. The summed E-state index contributed by atoms with van der Waals surface area (Å²) < 4.78 is 10.8. The van der Waals surface area contributed by atoms with Gasteiger partial charge in [-0.05, 0) is 48.0 Å². The topological polar surface area (TPSA) is 129 Å². The Morgan fingerprint density at radius 2 is 1.86 bits per heavy atom. The van der Waals surface area contributed by atoms with E-state index in [0.717, 1.165) is 0 Å². The van der Waals surface area contributed by atoms with Crippen molar-refractivity contribution < 1.29 is 14.3 Å². The first kappa shape index (κ1) is 24.2. The van der Waals surface area contributed by atoms with E-state index < -0.39 is 11.5 Å². The van der Waals surface area contributed by atoms with Crippen LogP contribution in [0.5, 0.6) is 11.5 Å². The van der Waals surface area contributed by atoms with E-state index in [1.807, 2.05) is 12.1 Å². The maximum Gasteiger partial charge on any atom is 0.343 e. The number of rotatable bonds is 7. The standard InChI is InChI=1S/C26H18ClN5O4/c1-35-22-13-16(7-12-21(22)36-25(34)18-8-10-19(27)11-9-18)15-29-32-26-30-23(17-5-3-2-4-6-17)20(14-28)24(33)31-26/h2-13,15H,1H3,(H2,30,31,32,33). The first-order valence-corrected chi connectivity index (χ1v) is 10.9. The average molecular weight is 500 g/mol. The number of nitrogens with one attached hydrogen (secondary N) is 2. The van der Waals surface area contributed by atoms with E-state index in [0.29, 0.717) is 27.5 Å². The molecule has 0 fully saturated rings. The van der Waals surface area contributed by atoms with Crippen molar-refractivity contribution in [2.45, 2.75) is 0 Å². The number of nitrogens with zero attached hydrogens (tertiary/aromatic N) is 3. The van der Waals surface area contributed by atoms with Gasteiger partial charge in [0.25, 0.3) is 5.56 Å². The molecular weight excluding hydrogens is 482 g/mol. The molecule has 4 rings (SSSR count). The van der Waals surface area contributed by atoms with Crippen LogP contribution in [0.3, 0.4) is 0 Å². The summed E-state index contributed by atoms with van der Waals surface area (Å²) in [6.45, 7) is 0. The van der Waals surface area contributed by atoms with Crippen LogP contribution >= 0.6 is 11.6 Å². The van der Waals surface area contributed by atoms with Gasteiger partial charge < -0.3 is 9.47 Å². The molecular formula is C26H18ClN5O4. The first-order valence-electron chi connectivity index (χ1n) is 10.5. The molecule has 0 radical (unpaired) electrons. The van der Waals surface area contributed by atoms with E-state index >= 15 is 0 Å². The van der Waals surface area contributed by atoms with Gasteiger partial charge in [-0.15, -0.1) is 0 Å². The lowest BCUT2D eigenvalue weighted by Gasteiger charge is -2.10. The molecule has 0 aliphatic carbocycles. The number of benzene rings is 3. The van der Waals surface area contributed by atoms with Crippen LogP contribution in [0.2, 0.25) is 5.02 Å². The number of anilines is 1. The number of hydrogen-bond donors (Lipinski definition) is 2. The van der Waals surface area contributed by atoms with Gasteiger partial charge >= 0.3 is 5.97 Å². The molecule has 9 nitrogen and oxygen atoms in total. The van der Waals surface area contributed by atoms with Crippen LogP contribution in [-0.4, -0.2) is 29.3 Å². The van der Waals surface area contributed by atoms with Crippen molar-refractivity contribution in [3.8, 4) is 28.8 Å². The zero-order valence-electron chi connectivity index (χ0n) is 18.9. The van der Waals surface area contributed by atoms with Crippen LogP contribution < -0.4 is 20.5 Å². The molecule has 3 aromatic carbocycles. The van der Waals surface area contributed by atoms with Crippen molar-refractivity contribution in [3.05, 3.63) is 105 Å². The van der Waals surface area contributed by atoms with E-state index in [1.165, 1.54) is 13.3 Å². The van der Waals surface area contributed by atoms with Crippen LogP contribution in [0.4, 0.5) is 5.95 Å². The van der Waals surface area contributed by atoms with Gasteiger partial charge in [-0.1, -0.05) is 41.9 Å². The predicted molar refractivity (Wildman–Crippen MR) is 136 cm³/mol. The SMILES string of the molecule is COc1cc(C=NNc2nc(-c3ccccc3)c(C#N)c(=O)[nH]2)ccc1OC(=O)c1ccc(Cl)cc1. The molecule has 10 heteroatoms. The molecule has 178 valence electrons. The molecule has 0 saturated carbocycles. The summed E-state index contributed by atoms with van der Waals surface area (Å²) in [7, 11) is 1.45. The van der Waals surface area contributed by atoms with Gasteiger partial charge in [-0.2, -0.15) is 10.4 Å². The van der Waals surface area contributed by atoms with Crippen molar-refractivity contribution in [1.29, 1.82) is 5.26 Å². The second-order valence-corrected chi connectivity index (χ2v) is 7.73. The minimum atomic E-state index is -0.586. The Morgan fingerprint density at radius 3 is 2.56 bits per heavy atom. The number of hydrogen-bond acceptors (Lipinski definition) is 8. The number of aromatic nitrogens is 2. The van der Waals surface area contributed by atoms with Gasteiger partial charge in [0.15, 0.2) is 11.5 Å². The normalized spacial score (nSPS) is 10.6. The lowest BCUT2D eigenvalue weighted by molar-refractivity contribution is 0.0729. The van der Waals surface area contributed by atoms with Gasteiger partial charge in [0.1, 0.15) is 11.6 Å². The molecule has 36 heavy (non-hydrogen) atoms. The Bertz CT molecular complexity index is 1530. The largest absolute Gasteiger partial charge is 0.493 e.